The molecular formula is C15H14ClF3N4O2S2. The Morgan fingerprint density at radius 3 is 2.63 bits per heavy atom. The number of nitrogens with one attached hydrogen (secondary N) is 1. The van der Waals surface area contributed by atoms with E-state index in [1.807, 2.05) is 0 Å². The van der Waals surface area contributed by atoms with E-state index in [0.29, 0.717) is 4.34 Å². The molecule has 0 atom stereocenters. The summed E-state index contributed by atoms with van der Waals surface area (Å²) in [5.41, 5.74) is -1.11. The number of aromatic nitrogens is 2. The van der Waals surface area contributed by atoms with Gasteiger partial charge in [-0.05, 0) is 25.1 Å². The highest BCUT2D eigenvalue weighted by molar-refractivity contribution is 8.01. The van der Waals surface area contributed by atoms with E-state index in [2.05, 4.69) is 15.5 Å². The monoisotopic (exact) mass is 438 g/mol. The Balaban J connectivity index is 1.90. The van der Waals surface area contributed by atoms with Crippen molar-refractivity contribution in [2.24, 2.45) is 0 Å². The molecule has 1 aromatic carbocycles. The molecule has 0 unspecified atom stereocenters. The summed E-state index contributed by atoms with van der Waals surface area (Å²) in [5.74, 6) is -0.884. The van der Waals surface area contributed by atoms with Gasteiger partial charge in [0.1, 0.15) is 5.01 Å². The average molecular weight is 439 g/mol. The Kier molecular flexibility index (Phi) is 7.06. The number of anilines is 1. The summed E-state index contributed by atoms with van der Waals surface area (Å²) in [7, 11) is 1.43. The summed E-state index contributed by atoms with van der Waals surface area (Å²) >= 11 is 8.08. The summed E-state index contributed by atoms with van der Waals surface area (Å²) in [6.07, 6.45) is -4.63. The van der Waals surface area contributed by atoms with Gasteiger partial charge in [-0.1, -0.05) is 34.7 Å². The second-order valence-corrected chi connectivity index (χ2v) is 8.18. The number of alkyl halides is 3. The van der Waals surface area contributed by atoms with E-state index in [1.165, 1.54) is 41.1 Å². The van der Waals surface area contributed by atoms with Gasteiger partial charge in [0.25, 0.3) is 0 Å². The largest absolute Gasteiger partial charge is 0.417 e. The van der Waals surface area contributed by atoms with Gasteiger partial charge >= 0.3 is 6.18 Å². The van der Waals surface area contributed by atoms with Gasteiger partial charge in [0.2, 0.25) is 11.8 Å². The van der Waals surface area contributed by atoms with Crippen LogP contribution in [-0.2, 0) is 15.8 Å². The van der Waals surface area contributed by atoms with Crippen molar-refractivity contribution < 1.29 is 22.8 Å². The highest BCUT2D eigenvalue weighted by atomic mass is 35.5. The molecule has 0 aliphatic rings. The van der Waals surface area contributed by atoms with Crippen LogP contribution in [0.3, 0.4) is 0 Å². The van der Waals surface area contributed by atoms with Crippen molar-refractivity contribution >= 4 is 52.2 Å². The molecule has 1 aromatic heterocycles. The van der Waals surface area contributed by atoms with E-state index in [-0.39, 0.29) is 23.9 Å². The smallest absolute Gasteiger partial charge is 0.336 e. The number of thioether (sulfide) groups is 1. The van der Waals surface area contributed by atoms with Crippen molar-refractivity contribution in [3.05, 3.63) is 33.8 Å². The van der Waals surface area contributed by atoms with E-state index < -0.39 is 22.7 Å². The Bertz CT molecular complexity index is 845. The number of aryl methyl sites for hydroxylation is 1. The van der Waals surface area contributed by atoms with Crippen LogP contribution in [-0.4, -0.2) is 46.3 Å². The highest BCUT2D eigenvalue weighted by Gasteiger charge is 2.33. The molecule has 0 bridgehead atoms. The van der Waals surface area contributed by atoms with Gasteiger partial charge in [0.15, 0.2) is 4.34 Å². The Morgan fingerprint density at radius 1 is 1.33 bits per heavy atom. The minimum absolute atomic E-state index is 0.0590. The molecule has 2 amide bonds. The number of rotatable bonds is 6. The number of halogens is 4. The van der Waals surface area contributed by atoms with Gasteiger partial charge in [-0.25, -0.2) is 0 Å². The molecule has 12 heteroatoms. The third-order valence-electron chi connectivity index (χ3n) is 3.19. The van der Waals surface area contributed by atoms with E-state index in [0.717, 1.165) is 17.1 Å². The minimum atomic E-state index is -4.63. The van der Waals surface area contributed by atoms with Crippen molar-refractivity contribution in [1.29, 1.82) is 0 Å². The number of carbonyl (C=O) groups excluding carboxylic acids is 2. The van der Waals surface area contributed by atoms with Crippen LogP contribution in [0, 0.1) is 6.92 Å². The van der Waals surface area contributed by atoms with E-state index in [1.54, 1.807) is 6.92 Å². The molecule has 2 rings (SSSR count). The van der Waals surface area contributed by atoms with Crippen molar-refractivity contribution in [1.82, 2.24) is 15.1 Å². The molecule has 1 heterocycles. The van der Waals surface area contributed by atoms with Gasteiger partial charge in [-0.2, -0.15) is 13.2 Å². The fraction of sp³-hybridized carbons (Fsp3) is 0.333. The summed E-state index contributed by atoms with van der Waals surface area (Å²) < 4.78 is 39.2. The maximum Gasteiger partial charge on any atom is 0.417 e. The van der Waals surface area contributed by atoms with Crippen LogP contribution >= 0.6 is 34.7 Å². The molecule has 0 radical (unpaired) electrons. The number of nitrogens with zero attached hydrogens (tertiary/aromatic N) is 3. The average Bonchev–Trinajstić information content (AvgIpc) is 2.98. The fourth-order valence-corrected chi connectivity index (χ4v) is 3.88. The summed E-state index contributed by atoms with van der Waals surface area (Å²) in [6, 6.07) is 3.05. The van der Waals surface area contributed by atoms with Crippen LogP contribution in [0.5, 0.6) is 0 Å². The van der Waals surface area contributed by atoms with Crippen LogP contribution in [0.1, 0.15) is 10.6 Å². The first-order valence-corrected chi connectivity index (χ1v) is 9.57. The quantitative estimate of drug-likeness (QED) is 0.696. The van der Waals surface area contributed by atoms with Crippen molar-refractivity contribution in [3.63, 3.8) is 0 Å². The summed E-state index contributed by atoms with van der Waals surface area (Å²) in [6.45, 7) is 1.49. The second kappa shape index (κ2) is 8.89. The zero-order valence-electron chi connectivity index (χ0n) is 14.1. The predicted molar refractivity (Wildman–Crippen MR) is 98.1 cm³/mol. The van der Waals surface area contributed by atoms with E-state index in [9.17, 15) is 22.8 Å². The van der Waals surface area contributed by atoms with Crippen molar-refractivity contribution in [2.45, 2.75) is 17.4 Å². The number of amides is 2. The van der Waals surface area contributed by atoms with Crippen molar-refractivity contribution in [2.75, 3.05) is 24.7 Å². The lowest BCUT2D eigenvalue weighted by Crippen LogP contribution is -2.36. The topological polar surface area (TPSA) is 75.2 Å². The molecule has 0 saturated carbocycles. The molecule has 27 heavy (non-hydrogen) atoms. The van der Waals surface area contributed by atoms with Crippen molar-refractivity contribution in [3.8, 4) is 0 Å². The molecule has 2 aromatic rings. The molecule has 0 aliphatic heterocycles. The first-order chi connectivity index (χ1) is 12.6. The van der Waals surface area contributed by atoms with E-state index in [4.69, 9.17) is 11.6 Å². The fourth-order valence-electron chi connectivity index (χ4n) is 1.89. The first-order valence-electron chi connectivity index (χ1n) is 7.39. The van der Waals surface area contributed by atoms with Gasteiger partial charge in [-0.15, -0.1) is 10.2 Å². The second-order valence-electron chi connectivity index (χ2n) is 5.37. The molecule has 6 nitrogen and oxygen atoms in total. The molecule has 0 aliphatic carbocycles. The molecule has 0 saturated heterocycles. The lowest BCUT2D eigenvalue weighted by atomic mass is 10.2. The third kappa shape index (κ3) is 6.36. The Labute approximate surface area is 166 Å². The standard InChI is InChI=1S/C15H14ClF3N4O2S2/c1-8-21-22-14(27-8)26-7-13(25)23(2)6-12(24)20-9-3-4-11(16)10(5-9)15(17,18)19/h3-5H,6-7H2,1-2H3,(H,20,24). The van der Waals surface area contributed by atoms with Gasteiger partial charge in [-0.3, -0.25) is 9.59 Å². The van der Waals surface area contributed by atoms with E-state index >= 15 is 0 Å². The zero-order chi connectivity index (χ0) is 20.2. The lowest BCUT2D eigenvalue weighted by molar-refractivity contribution is -0.137. The number of likely N-dealkylation sites (N-methyl/N-ethyl adjacent to an activating group) is 1. The van der Waals surface area contributed by atoms with Gasteiger partial charge in [0.05, 0.1) is 22.9 Å². The SMILES string of the molecule is Cc1nnc(SCC(=O)N(C)CC(=O)Nc2ccc(Cl)c(C(F)(F)F)c2)s1. The highest BCUT2D eigenvalue weighted by Crippen LogP contribution is 2.36. The lowest BCUT2D eigenvalue weighted by Gasteiger charge is -2.17. The Hall–Kier alpha value is -1.85. The van der Waals surface area contributed by atoms with Crippen LogP contribution in [0.25, 0.3) is 0 Å². The minimum Gasteiger partial charge on any atom is -0.336 e. The molecule has 0 spiro atoms. The van der Waals surface area contributed by atoms with Crippen LogP contribution in [0.4, 0.5) is 18.9 Å². The predicted octanol–water partition coefficient (Wildman–Crippen LogP) is 3.71. The van der Waals surface area contributed by atoms with Gasteiger partial charge in [0, 0.05) is 12.7 Å². The number of benzene rings is 1. The molecule has 0 fully saturated rings. The summed E-state index contributed by atoms with van der Waals surface area (Å²) in [4.78, 5) is 25.2. The van der Waals surface area contributed by atoms with Crippen LogP contribution < -0.4 is 5.32 Å². The molecule has 1 N–H and O–H groups in total. The first kappa shape index (κ1) is 21.5. The maximum absolute atomic E-state index is 12.8. The Morgan fingerprint density at radius 2 is 2.04 bits per heavy atom. The number of hydrogen-bond donors (Lipinski definition) is 1. The molecular weight excluding hydrogens is 425 g/mol. The number of hydrogen-bond acceptors (Lipinski definition) is 6. The maximum atomic E-state index is 12.8. The van der Waals surface area contributed by atoms with Crippen LogP contribution in [0.2, 0.25) is 5.02 Å². The third-order valence-corrected chi connectivity index (χ3v) is 5.48. The van der Waals surface area contributed by atoms with Gasteiger partial charge < -0.3 is 10.2 Å². The number of carbonyl (C=O) groups is 2. The van der Waals surface area contributed by atoms with Crippen LogP contribution in [0.15, 0.2) is 22.5 Å². The molecule has 146 valence electrons. The summed E-state index contributed by atoms with van der Waals surface area (Å²) in [5, 5.41) is 10.4. The normalized spacial score (nSPS) is 11.3. The zero-order valence-corrected chi connectivity index (χ0v) is 16.5.